The number of likely N-dealkylation sites (tertiary alicyclic amines) is 1. The molecule has 0 bridgehead atoms. The monoisotopic (exact) mass is 427 g/mol. The third-order valence-corrected chi connectivity index (χ3v) is 7.10. The van der Waals surface area contributed by atoms with E-state index in [4.69, 9.17) is 0 Å². The van der Waals surface area contributed by atoms with Gasteiger partial charge in [0.25, 0.3) is 5.91 Å². The number of hydrogen-bond donors (Lipinski definition) is 2. The lowest BCUT2D eigenvalue weighted by Crippen LogP contribution is -2.35. The molecule has 29 heavy (non-hydrogen) atoms. The summed E-state index contributed by atoms with van der Waals surface area (Å²) in [5.74, 6) is -0.0718. The molecule has 2 N–H and O–H groups in total. The summed E-state index contributed by atoms with van der Waals surface area (Å²) < 4.78 is 0. The number of hydrogen-bond acceptors (Lipinski definition) is 6. The number of nitrogens with zero attached hydrogens (tertiary/aromatic N) is 2. The highest BCUT2D eigenvalue weighted by atomic mass is 32.1. The predicted molar refractivity (Wildman–Crippen MR) is 118 cm³/mol. The minimum atomic E-state index is -0.138. The van der Waals surface area contributed by atoms with Crippen molar-refractivity contribution >= 4 is 28.6 Å². The van der Waals surface area contributed by atoms with Crippen molar-refractivity contribution in [3.05, 3.63) is 62.8 Å². The third-order valence-electron chi connectivity index (χ3n) is 5.21. The number of thiophene rings is 1. The lowest BCUT2D eigenvalue weighted by atomic mass is 10.1. The van der Waals surface area contributed by atoms with Crippen LogP contribution in [0.15, 0.2) is 41.1 Å². The lowest BCUT2D eigenvalue weighted by molar-refractivity contribution is 0.0792. The van der Waals surface area contributed by atoms with E-state index in [1.54, 1.807) is 11.3 Å². The normalized spacial score (nSPS) is 15.5. The second-order valence-corrected chi connectivity index (χ2v) is 9.23. The van der Waals surface area contributed by atoms with E-state index in [-0.39, 0.29) is 12.0 Å². The molecule has 1 amide bonds. The van der Waals surface area contributed by atoms with Crippen LogP contribution in [-0.4, -0.2) is 40.1 Å². The molecule has 0 spiro atoms. The molecule has 7 heteroatoms. The van der Waals surface area contributed by atoms with Crippen LogP contribution < -0.4 is 5.32 Å². The van der Waals surface area contributed by atoms with E-state index >= 15 is 0 Å². The van der Waals surface area contributed by atoms with Crippen molar-refractivity contribution < 1.29 is 9.90 Å². The molecule has 0 aliphatic carbocycles. The third kappa shape index (κ3) is 5.11. The average molecular weight is 428 g/mol. The molecular weight excluding hydrogens is 402 g/mol. The van der Waals surface area contributed by atoms with Gasteiger partial charge < -0.3 is 10.4 Å². The number of aryl methyl sites for hydroxylation is 1. The van der Waals surface area contributed by atoms with Crippen LogP contribution in [0.4, 0.5) is 0 Å². The van der Waals surface area contributed by atoms with E-state index in [0.29, 0.717) is 11.4 Å². The minimum Gasteiger partial charge on any atom is -0.393 e. The van der Waals surface area contributed by atoms with Crippen LogP contribution in [0.25, 0.3) is 10.6 Å². The van der Waals surface area contributed by atoms with Crippen LogP contribution in [0.5, 0.6) is 0 Å². The molecule has 4 rings (SSSR count). The molecule has 2 aromatic heterocycles. The first-order valence-corrected chi connectivity index (χ1v) is 11.6. The standard InChI is InChI=1S/C22H25N3O2S2/c1-15-20(29-22(24-15)18-8-11-28-14-18)21(27)23-12-16-2-4-17(5-3-16)13-25-9-6-19(26)7-10-25/h2-5,8,11,14,19,26H,6-7,9-10,12-13H2,1H3,(H,23,27). The zero-order chi connectivity index (χ0) is 20.2. The van der Waals surface area contributed by atoms with E-state index in [1.807, 2.05) is 23.8 Å². The van der Waals surface area contributed by atoms with Crippen molar-refractivity contribution in [1.29, 1.82) is 0 Å². The van der Waals surface area contributed by atoms with E-state index < -0.39 is 0 Å². The van der Waals surface area contributed by atoms with Crippen LogP contribution in [0.2, 0.25) is 0 Å². The van der Waals surface area contributed by atoms with E-state index in [9.17, 15) is 9.90 Å². The van der Waals surface area contributed by atoms with Gasteiger partial charge in [-0.25, -0.2) is 4.98 Å². The van der Waals surface area contributed by atoms with Crippen molar-refractivity contribution in [2.45, 2.75) is 39.0 Å². The van der Waals surface area contributed by atoms with Crippen LogP contribution in [0.1, 0.15) is 39.3 Å². The molecule has 1 aliphatic heterocycles. The van der Waals surface area contributed by atoms with Gasteiger partial charge in [-0.3, -0.25) is 9.69 Å². The maximum Gasteiger partial charge on any atom is 0.263 e. The molecular formula is C22H25N3O2S2. The summed E-state index contributed by atoms with van der Waals surface area (Å²) in [6.45, 7) is 5.18. The van der Waals surface area contributed by atoms with Crippen molar-refractivity contribution in [3.8, 4) is 10.6 Å². The van der Waals surface area contributed by atoms with Gasteiger partial charge >= 0.3 is 0 Å². The number of benzene rings is 1. The first kappa shape index (κ1) is 20.2. The van der Waals surface area contributed by atoms with Crippen molar-refractivity contribution in [1.82, 2.24) is 15.2 Å². The van der Waals surface area contributed by atoms with E-state index in [1.165, 1.54) is 16.9 Å². The number of amides is 1. The molecule has 1 aliphatic rings. The summed E-state index contributed by atoms with van der Waals surface area (Å²) in [4.78, 5) is 20.2. The molecule has 1 aromatic carbocycles. The molecule has 5 nitrogen and oxygen atoms in total. The fourth-order valence-corrected chi connectivity index (χ4v) is 5.17. The van der Waals surface area contributed by atoms with E-state index in [2.05, 4.69) is 39.5 Å². The fourth-order valence-electron chi connectivity index (χ4n) is 3.48. The van der Waals surface area contributed by atoms with Crippen LogP contribution in [0, 0.1) is 6.92 Å². The minimum absolute atomic E-state index is 0.0718. The van der Waals surface area contributed by atoms with Crippen molar-refractivity contribution in [2.24, 2.45) is 0 Å². The summed E-state index contributed by atoms with van der Waals surface area (Å²) in [6.07, 6.45) is 1.57. The molecule has 3 aromatic rings. The number of aliphatic hydroxyl groups excluding tert-OH is 1. The Labute approximate surface area is 179 Å². The fraction of sp³-hybridized carbons (Fsp3) is 0.364. The smallest absolute Gasteiger partial charge is 0.263 e. The Morgan fingerprint density at radius 2 is 1.93 bits per heavy atom. The van der Waals surface area contributed by atoms with Gasteiger partial charge in [-0.1, -0.05) is 24.3 Å². The van der Waals surface area contributed by atoms with Crippen LogP contribution in [0.3, 0.4) is 0 Å². The first-order valence-electron chi connectivity index (χ1n) is 9.85. The summed E-state index contributed by atoms with van der Waals surface area (Å²) in [7, 11) is 0. The van der Waals surface area contributed by atoms with Gasteiger partial charge in [-0.2, -0.15) is 11.3 Å². The quantitative estimate of drug-likeness (QED) is 0.622. The number of nitrogens with one attached hydrogen (secondary N) is 1. The Hall–Kier alpha value is -2.06. The van der Waals surface area contributed by atoms with Gasteiger partial charge in [-0.05, 0) is 42.3 Å². The Morgan fingerprint density at radius 1 is 1.21 bits per heavy atom. The maximum absolute atomic E-state index is 12.6. The highest BCUT2D eigenvalue weighted by Gasteiger charge is 2.18. The molecule has 0 atom stereocenters. The molecule has 1 saturated heterocycles. The Bertz CT molecular complexity index is 943. The second-order valence-electron chi connectivity index (χ2n) is 7.45. The summed E-state index contributed by atoms with van der Waals surface area (Å²) in [6, 6.07) is 10.4. The Kier molecular flexibility index (Phi) is 6.40. The van der Waals surface area contributed by atoms with Gasteiger partial charge in [-0.15, -0.1) is 11.3 Å². The first-order chi connectivity index (χ1) is 14.1. The number of thiazole rings is 1. The van der Waals surface area contributed by atoms with Gasteiger partial charge in [0.2, 0.25) is 0 Å². The summed E-state index contributed by atoms with van der Waals surface area (Å²) >= 11 is 3.07. The number of carbonyl (C=O) groups excluding carboxylic acids is 1. The molecule has 0 radical (unpaired) electrons. The van der Waals surface area contributed by atoms with Gasteiger partial charge in [0, 0.05) is 37.1 Å². The van der Waals surface area contributed by atoms with E-state index in [0.717, 1.165) is 54.3 Å². The zero-order valence-corrected chi connectivity index (χ0v) is 18.1. The van der Waals surface area contributed by atoms with Gasteiger partial charge in [0.1, 0.15) is 9.88 Å². The molecule has 152 valence electrons. The predicted octanol–water partition coefficient (Wildman–Crippen LogP) is 4.07. The number of aliphatic hydroxyl groups is 1. The average Bonchev–Trinajstić information content (AvgIpc) is 3.39. The molecule has 0 unspecified atom stereocenters. The number of rotatable bonds is 6. The Morgan fingerprint density at radius 3 is 2.62 bits per heavy atom. The van der Waals surface area contributed by atoms with Gasteiger partial charge in [0.05, 0.1) is 11.8 Å². The van der Waals surface area contributed by atoms with Gasteiger partial charge in [0.15, 0.2) is 0 Å². The highest BCUT2D eigenvalue weighted by Crippen LogP contribution is 2.29. The summed E-state index contributed by atoms with van der Waals surface area (Å²) in [5, 5.41) is 17.6. The molecule has 3 heterocycles. The molecule has 1 fully saturated rings. The zero-order valence-electron chi connectivity index (χ0n) is 16.4. The van der Waals surface area contributed by atoms with Crippen molar-refractivity contribution in [2.75, 3.05) is 13.1 Å². The number of piperidine rings is 1. The Balaban J connectivity index is 1.31. The maximum atomic E-state index is 12.6. The number of carbonyl (C=O) groups is 1. The molecule has 0 saturated carbocycles. The summed E-state index contributed by atoms with van der Waals surface area (Å²) in [5.41, 5.74) is 4.18. The highest BCUT2D eigenvalue weighted by molar-refractivity contribution is 7.17. The van der Waals surface area contributed by atoms with Crippen molar-refractivity contribution in [3.63, 3.8) is 0 Å². The number of aromatic nitrogens is 1. The second kappa shape index (κ2) is 9.17. The largest absolute Gasteiger partial charge is 0.393 e. The topological polar surface area (TPSA) is 65.5 Å². The van der Waals surface area contributed by atoms with Crippen LogP contribution >= 0.6 is 22.7 Å². The lowest BCUT2D eigenvalue weighted by Gasteiger charge is -2.29. The SMILES string of the molecule is Cc1nc(-c2ccsc2)sc1C(=O)NCc1ccc(CN2CCC(O)CC2)cc1. The van der Waals surface area contributed by atoms with Crippen LogP contribution in [-0.2, 0) is 13.1 Å².